The minimum Gasteiger partial charge on any atom is -0.391 e. The zero-order chi connectivity index (χ0) is 13.4. The first kappa shape index (κ1) is 13.0. The first-order valence-electron chi connectivity index (χ1n) is 5.57. The number of aliphatic imine (C=N–C) groups is 1. The third kappa shape index (κ3) is 2.12. The molecule has 0 aromatic carbocycles. The molecule has 2 heterocycles. The van der Waals surface area contributed by atoms with Crippen LogP contribution in [0.25, 0.3) is 0 Å². The van der Waals surface area contributed by atoms with Crippen LogP contribution < -0.4 is 5.73 Å². The van der Waals surface area contributed by atoms with Crippen molar-refractivity contribution in [3.8, 4) is 0 Å². The van der Waals surface area contributed by atoms with Crippen LogP contribution in [-0.4, -0.2) is 51.7 Å². The predicted octanol–water partition coefficient (Wildman–Crippen LogP) is -0.551. The molecule has 0 amide bonds. The van der Waals surface area contributed by atoms with Crippen LogP contribution in [0.4, 0.5) is 4.39 Å². The quantitative estimate of drug-likeness (QED) is 0.617. The van der Waals surface area contributed by atoms with Crippen LogP contribution in [0.2, 0.25) is 0 Å². The zero-order valence-corrected chi connectivity index (χ0v) is 9.90. The Hall–Kier alpha value is -1.44. The molecule has 0 spiro atoms. The number of aliphatic hydroxyl groups excluding tert-OH is 2. The molecule has 0 bridgehead atoms. The Morgan fingerprint density at radius 3 is 2.83 bits per heavy atom. The summed E-state index contributed by atoms with van der Waals surface area (Å²) in [6, 6.07) is 0. The number of aliphatic hydroxyl groups is 2. The summed E-state index contributed by atoms with van der Waals surface area (Å²) >= 11 is 0. The van der Waals surface area contributed by atoms with Crippen LogP contribution in [0.15, 0.2) is 29.7 Å². The van der Waals surface area contributed by atoms with Gasteiger partial charge in [0.1, 0.15) is 23.9 Å². The first-order valence-corrected chi connectivity index (χ1v) is 5.57. The summed E-state index contributed by atoms with van der Waals surface area (Å²) in [5.41, 5.74) is 5.48. The van der Waals surface area contributed by atoms with Gasteiger partial charge in [0.05, 0.1) is 6.10 Å². The summed E-state index contributed by atoms with van der Waals surface area (Å²) in [6.45, 7) is 5.07. The first-order chi connectivity index (χ1) is 8.41. The van der Waals surface area contributed by atoms with E-state index in [2.05, 4.69) is 11.6 Å². The Bertz CT molecular complexity index is 410. The Morgan fingerprint density at radius 2 is 2.33 bits per heavy atom. The van der Waals surface area contributed by atoms with Crippen molar-refractivity contribution in [2.75, 3.05) is 0 Å². The molecule has 0 saturated carbocycles. The molecule has 4 N–H and O–H groups in total. The number of nitrogens with zero attached hydrogens (tertiary/aromatic N) is 2. The molecule has 1 saturated heterocycles. The van der Waals surface area contributed by atoms with Gasteiger partial charge in [-0.1, -0.05) is 6.58 Å². The molecule has 5 atom stereocenters. The van der Waals surface area contributed by atoms with Gasteiger partial charge in [0.2, 0.25) is 0 Å². The van der Waals surface area contributed by atoms with Gasteiger partial charge in [-0.25, -0.2) is 9.38 Å². The Labute approximate surface area is 104 Å². The summed E-state index contributed by atoms with van der Waals surface area (Å²) in [5.74, 6) is 0.485. The van der Waals surface area contributed by atoms with Gasteiger partial charge >= 0.3 is 0 Å². The largest absolute Gasteiger partial charge is 0.391 e. The maximum absolute atomic E-state index is 14.0. The molecule has 0 unspecified atom stereocenters. The lowest BCUT2D eigenvalue weighted by atomic mass is 10.1. The molecule has 18 heavy (non-hydrogen) atoms. The van der Waals surface area contributed by atoms with Crippen LogP contribution in [0, 0.1) is 0 Å². The van der Waals surface area contributed by atoms with E-state index >= 15 is 0 Å². The summed E-state index contributed by atoms with van der Waals surface area (Å²) in [4.78, 5) is 5.23. The van der Waals surface area contributed by atoms with Crippen molar-refractivity contribution in [3.63, 3.8) is 0 Å². The van der Waals surface area contributed by atoms with Crippen molar-refractivity contribution in [2.45, 2.75) is 37.6 Å². The Balaban J connectivity index is 2.16. The average Bonchev–Trinajstić information content (AvgIpc) is 2.57. The van der Waals surface area contributed by atoms with E-state index in [1.165, 1.54) is 24.1 Å². The average molecular weight is 257 g/mol. The molecule has 0 radical (unpaired) electrons. The van der Waals surface area contributed by atoms with Gasteiger partial charge in [0.15, 0.2) is 12.4 Å². The van der Waals surface area contributed by atoms with Gasteiger partial charge in [-0.15, -0.1) is 0 Å². The van der Waals surface area contributed by atoms with Crippen LogP contribution in [0.3, 0.4) is 0 Å². The second-order valence-corrected chi connectivity index (χ2v) is 4.34. The molecule has 1 fully saturated rings. The molecule has 2 aliphatic rings. The standard InChI is InChI=1S/C11H16FN3O3/c1-5(16)10-9(17)8(12)11(18-10)15-4-3-7(13)14-6(15)2/h3-5,8-11,16-17H,2H2,1H3,(H2,13,14)/t5-,8-,9+,10-,11-/m1/s1. The fourth-order valence-electron chi connectivity index (χ4n) is 2.00. The third-order valence-corrected chi connectivity index (χ3v) is 2.94. The van der Waals surface area contributed by atoms with Crippen LogP contribution >= 0.6 is 0 Å². The molecule has 100 valence electrons. The number of alkyl halides is 1. The van der Waals surface area contributed by atoms with E-state index in [1.54, 1.807) is 0 Å². The van der Waals surface area contributed by atoms with E-state index in [0.717, 1.165) is 0 Å². The van der Waals surface area contributed by atoms with Crippen molar-refractivity contribution < 1.29 is 19.3 Å². The molecular weight excluding hydrogens is 241 g/mol. The number of hydrogen-bond donors (Lipinski definition) is 3. The second-order valence-electron chi connectivity index (χ2n) is 4.34. The summed E-state index contributed by atoms with van der Waals surface area (Å²) < 4.78 is 19.3. The van der Waals surface area contributed by atoms with E-state index in [9.17, 15) is 14.6 Å². The minimum atomic E-state index is -1.67. The molecule has 0 aromatic heterocycles. The zero-order valence-electron chi connectivity index (χ0n) is 9.90. The normalized spacial score (nSPS) is 37.9. The molecular formula is C11H16FN3O3. The Morgan fingerprint density at radius 1 is 1.67 bits per heavy atom. The van der Waals surface area contributed by atoms with Crippen molar-refractivity contribution in [1.29, 1.82) is 0 Å². The highest BCUT2D eigenvalue weighted by Crippen LogP contribution is 2.31. The summed E-state index contributed by atoms with van der Waals surface area (Å²) in [6.07, 6.45) is -3.11. The topological polar surface area (TPSA) is 91.3 Å². The Kier molecular flexibility index (Phi) is 3.38. The second kappa shape index (κ2) is 4.68. The molecule has 0 aliphatic carbocycles. The lowest BCUT2D eigenvalue weighted by molar-refractivity contribution is -0.0867. The molecule has 7 heteroatoms. The van der Waals surface area contributed by atoms with Crippen LogP contribution in [-0.2, 0) is 4.74 Å². The number of hydrogen-bond acceptors (Lipinski definition) is 6. The third-order valence-electron chi connectivity index (χ3n) is 2.94. The number of halogens is 1. The maximum Gasteiger partial charge on any atom is 0.173 e. The highest BCUT2D eigenvalue weighted by Gasteiger charge is 2.48. The lowest BCUT2D eigenvalue weighted by Crippen LogP contribution is -2.39. The summed E-state index contributed by atoms with van der Waals surface area (Å²) in [5, 5.41) is 19.1. The minimum absolute atomic E-state index is 0.223. The molecule has 0 aromatic rings. The van der Waals surface area contributed by atoms with E-state index in [0.29, 0.717) is 0 Å². The van der Waals surface area contributed by atoms with Gasteiger partial charge < -0.3 is 25.6 Å². The monoisotopic (exact) mass is 257 g/mol. The van der Waals surface area contributed by atoms with Crippen molar-refractivity contribution in [3.05, 3.63) is 24.7 Å². The smallest absolute Gasteiger partial charge is 0.173 e. The molecule has 2 rings (SSSR count). The predicted molar refractivity (Wildman–Crippen MR) is 63.0 cm³/mol. The van der Waals surface area contributed by atoms with E-state index < -0.39 is 30.7 Å². The number of nitrogens with two attached hydrogens (primary N) is 1. The van der Waals surface area contributed by atoms with Gasteiger partial charge in [-0.05, 0) is 13.0 Å². The fourth-order valence-corrected chi connectivity index (χ4v) is 2.00. The van der Waals surface area contributed by atoms with Crippen molar-refractivity contribution >= 4 is 5.84 Å². The number of ether oxygens (including phenoxy) is 1. The molecule has 6 nitrogen and oxygen atoms in total. The van der Waals surface area contributed by atoms with E-state index in [1.807, 2.05) is 0 Å². The fraction of sp³-hybridized carbons (Fsp3) is 0.545. The van der Waals surface area contributed by atoms with Crippen molar-refractivity contribution in [1.82, 2.24) is 4.90 Å². The highest BCUT2D eigenvalue weighted by atomic mass is 19.1. The lowest BCUT2D eigenvalue weighted by Gasteiger charge is -2.29. The van der Waals surface area contributed by atoms with Gasteiger partial charge in [0, 0.05) is 6.20 Å². The SMILES string of the molecule is C=C1N=C(N)C=CN1[C@@H]1O[C@H]([C@@H](C)O)[C@@H](O)[C@H]1F. The van der Waals surface area contributed by atoms with Gasteiger partial charge in [0.25, 0.3) is 0 Å². The van der Waals surface area contributed by atoms with Gasteiger partial charge in [-0.3, -0.25) is 0 Å². The molecule has 2 aliphatic heterocycles. The number of amidine groups is 1. The highest BCUT2D eigenvalue weighted by molar-refractivity contribution is 5.92. The van der Waals surface area contributed by atoms with Gasteiger partial charge in [-0.2, -0.15) is 0 Å². The number of rotatable bonds is 2. The van der Waals surface area contributed by atoms with Crippen molar-refractivity contribution in [2.24, 2.45) is 10.7 Å². The maximum atomic E-state index is 14.0. The van der Waals surface area contributed by atoms with Crippen LogP contribution in [0.1, 0.15) is 6.92 Å². The summed E-state index contributed by atoms with van der Waals surface area (Å²) in [7, 11) is 0. The van der Waals surface area contributed by atoms with Crippen LogP contribution in [0.5, 0.6) is 0 Å². The van der Waals surface area contributed by atoms with E-state index in [4.69, 9.17) is 10.5 Å². The van der Waals surface area contributed by atoms with E-state index in [-0.39, 0.29) is 11.7 Å².